The van der Waals surface area contributed by atoms with Crippen molar-refractivity contribution in [2.75, 3.05) is 35.9 Å². The number of anilines is 2. The standard InChI is InChI=1S/C30H37ClN4O4S.ClH/c1-3-4-19-35(30(36)32-29-8-6-5-7-28(29)31)25-17-20-34(21-18-25)22-23-9-13-26(14-10-23)39-27-15-11-24(12-16-27)33-40(2,37)38;/h5-16,25,33H,3-4,17-22H2,1-2H3,(H,32,36);1H. The minimum atomic E-state index is -3.31. The van der Waals surface area contributed by atoms with E-state index >= 15 is 0 Å². The number of para-hydroxylation sites is 1. The second-order valence-corrected chi connectivity index (χ2v) is 12.3. The topological polar surface area (TPSA) is 91.0 Å². The van der Waals surface area contributed by atoms with Crippen molar-refractivity contribution in [1.82, 2.24) is 9.80 Å². The fraction of sp³-hybridized carbons (Fsp3) is 0.367. The Kier molecular flexibility index (Phi) is 12.1. The number of nitrogens with one attached hydrogen (secondary N) is 2. The number of halogens is 2. The molecule has 41 heavy (non-hydrogen) atoms. The summed E-state index contributed by atoms with van der Waals surface area (Å²) in [5.74, 6) is 1.34. The van der Waals surface area contributed by atoms with Crippen molar-refractivity contribution in [3.63, 3.8) is 0 Å². The van der Waals surface area contributed by atoms with E-state index in [0.717, 1.165) is 58.1 Å². The molecule has 0 atom stereocenters. The van der Waals surface area contributed by atoms with Gasteiger partial charge in [0.1, 0.15) is 11.5 Å². The number of ether oxygens (including phenoxy) is 1. The summed E-state index contributed by atoms with van der Waals surface area (Å²) in [5, 5.41) is 3.54. The second-order valence-electron chi connectivity index (χ2n) is 10.1. The van der Waals surface area contributed by atoms with Crippen molar-refractivity contribution in [3.8, 4) is 11.5 Å². The smallest absolute Gasteiger partial charge is 0.322 e. The molecule has 2 amide bonds. The summed E-state index contributed by atoms with van der Waals surface area (Å²) in [5.41, 5.74) is 2.32. The minimum Gasteiger partial charge on any atom is -0.457 e. The molecular weight excluding hydrogens is 583 g/mol. The third kappa shape index (κ3) is 10.1. The Balaban J connectivity index is 0.00000462. The molecule has 0 spiro atoms. The second kappa shape index (κ2) is 15.3. The number of rotatable bonds is 11. The average Bonchev–Trinajstić information content (AvgIpc) is 2.92. The van der Waals surface area contributed by atoms with Crippen molar-refractivity contribution in [2.45, 2.75) is 45.2 Å². The van der Waals surface area contributed by atoms with Crippen molar-refractivity contribution in [2.24, 2.45) is 0 Å². The van der Waals surface area contributed by atoms with Crippen molar-refractivity contribution in [3.05, 3.63) is 83.4 Å². The Morgan fingerprint density at radius 3 is 2.20 bits per heavy atom. The van der Waals surface area contributed by atoms with E-state index < -0.39 is 10.0 Å². The van der Waals surface area contributed by atoms with Crippen LogP contribution in [0.1, 0.15) is 38.2 Å². The molecule has 1 aliphatic heterocycles. The van der Waals surface area contributed by atoms with Gasteiger partial charge in [0.25, 0.3) is 0 Å². The number of unbranched alkanes of at least 4 members (excludes halogenated alkanes) is 1. The maximum atomic E-state index is 13.2. The Morgan fingerprint density at radius 1 is 1.00 bits per heavy atom. The predicted molar refractivity (Wildman–Crippen MR) is 169 cm³/mol. The Bertz CT molecular complexity index is 1360. The molecule has 0 radical (unpaired) electrons. The zero-order valence-electron chi connectivity index (χ0n) is 23.4. The summed E-state index contributed by atoms with van der Waals surface area (Å²) < 4.78 is 31.1. The molecule has 0 aliphatic carbocycles. The van der Waals surface area contributed by atoms with Crippen LogP contribution >= 0.6 is 24.0 Å². The molecule has 3 aromatic carbocycles. The van der Waals surface area contributed by atoms with Crippen LogP contribution in [0.15, 0.2) is 72.8 Å². The molecule has 0 aromatic heterocycles. The summed E-state index contributed by atoms with van der Waals surface area (Å²) in [4.78, 5) is 17.6. The van der Waals surface area contributed by atoms with Crippen molar-refractivity contribution in [1.29, 1.82) is 0 Å². The van der Waals surface area contributed by atoms with Gasteiger partial charge < -0.3 is 15.0 Å². The summed E-state index contributed by atoms with van der Waals surface area (Å²) >= 11 is 6.27. The van der Waals surface area contributed by atoms with E-state index in [2.05, 4.69) is 34.0 Å². The molecule has 1 aliphatic rings. The van der Waals surface area contributed by atoms with Gasteiger partial charge in [-0.3, -0.25) is 9.62 Å². The largest absolute Gasteiger partial charge is 0.457 e. The predicted octanol–water partition coefficient (Wildman–Crippen LogP) is 7.22. The van der Waals surface area contributed by atoms with Crippen LogP contribution in [0, 0.1) is 0 Å². The number of hydrogen-bond donors (Lipinski definition) is 2. The molecule has 222 valence electrons. The first kappa shape index (κ1) is 32.5. The number of carbonyl (C=O) groups is 1. The minimum absolute atomic E-state index is 0. The monoisotopic (exact) mass is 620 g/mol. The lowest BCUT2D eigenvalue weighted by molar-refractivity contribution is 0.122. The summed E-state index contributed by atoms with van der Waals surface area (Å²) in [6.45, 7) is 5.53. The molecule has 0 unspecified atom stereocenters. The highest BCUT2D eigenvalue weighted by Gasteiger charge is 2.28. The SMILES string of the molecule is CCCCN(C(=O)Nc1ccccc1Cl)C1CCN(Cc2ccc(Oc3ccc(NS(C)(=O)=O)cc3)cc2)CC1.Cl. The van der Waals surface area contributed by atoms with E-state index in [0.29, 0.717) is 27.9 Å². The van der Waals surface area contributed by atoms with E-state index in [4.69, 9.17) is 16.3 Å². The van der Waals surface area contributed by atoms with Crippen LogP contribution in [0.4, 0.5) is 16.2 Å². The highest BCUT2D eigenvalue weighted by molar-refractivity contribution is 7.92. The molecule has 0 bridgehead atoms. The molecule has 2 N–H and O–H groups in total. The highest BCUT2D eigenvalue weighted by Crippen LogP contribution is 2.26. The molecular formula is C30H38Cl2N4O4S. The number of carbonyl (C=O) groups excluding carboxylic acids is 1. The van der Waals surface area contributed by atoms with Gasteiger partial charge in [-0.05, 0) is 73.4 Å². The zero-order valence-corrected chi connectivity index (χ0v) is 25.8. The highest BCUT2D eigenvalue weighted by atomic mass is 35.5. The molecule has 11 heteroatoms. The van der Waals surface area contributed by atoms with Crippen molar-refractivity contribution < 1.29 is 17.9 Å². The maximum Gasteiger partial charge on any atom is 0.322 e. The van der Waals surface area contributed by atoms with Crippen LogP contribution in [0.2, 0.25) is 5.02 Å². The molecule has 1 fully saturated rings. The lowest BCUT2D eigenvalue weighted by Crippen LogP contribution is -2.49. The van der Waals surface area contributed by atoms with E-state index in [1.165, 1.54) is 5.56 Å². The first-order valence-electron chi connectivity index (χ1n) is 13.6. The number of benzene rings is 3. The fourth-order valence-electron chi connectivity index (χ4n) is 4.78. The molecule has 8 nitrogen and oxygen atoms in total. The van der Waals surface area contributed by atoms with Crippen LogP contribution in [0.5, 0.6) is 11.5 Å². The first-order chi connectivity index (χ1) is 19.2. The number of likely N-dealkylation sites (tertiary alicyclic amines) is 1. The van der Waals surface area contributed by atoms with Gasteiger partial charge in [-0.15, -0.1) is 12.4 Å². The number of amides is 2. The van der Waals surface area contributed by atoms with Crippen LogP contribution in [-0.4, -0.2) is 56.2 Å². The Labute approximate surface area is 254 Å². The number of urea groups is 1. The third-order valence-electron chi connectivity index (χ3n) is 6.85. The van der Waals surface area contributed by atoms with Gasteiger partial charge in [-0.2, -0.15) is 0 Å². The lowest BCUT2D eigenvalue weighted by atomic mass is 10.0. The van der Waals surface area contributed by atoms with Crippen LogP contribution in [0.25, 0.3) is 0 Å². The molecule has 1 saturated heterocycles. The molecule has 4 rings (SSSR count). The Hall–Kier alpha value is -2.98. The van der Waals surface area contributed by atoms with E-state index in [9.17, 15) is 13.2 Å². The van der Waals surface area contributed by atoms with Gasteiger partial charge in [0, 0.05) is 37.9 Å². The normalized spacial score (nSPS) is 14.1. The maximum absolute atomic E-state index is 13.2. The van der Waals surface area contributed by atoms with Crippen LogP contribution < -0.4 is 14.8 Å². The number of sulfonamides is 1. The van der Waals surface area contributed by atoms with Crippen molar-refractivity contribution >= 4 is 51.4 Å². The number of nitrogens with zero attached hydrogens (tertiary/aromatic N) is 2. The first-order valence-corrected chi connectivity index (χ1v) is 15.9. The summed E-state index contributed by atoms with van der Waals surface area (Å²) in [7, 11) is -3.31. The molecule has 0 saturated carbocycles. The van der Waals surface area contributed by atoms with Gasteiger partial charge in [0.2, 0.25) is 10.0 Å². The van der Waals surface area contributed by atoms with E-state index in [-0.39, 0.29) is 24.5 Å². The third-order valence-corrected chi connectivity index (χ3v) is 7.79. The van der Waals surface area contributed by atoms with Crippen LogP contribution in [0.3, 0.4) is 0 Å². The van der Waals surface area contributed by atoms with E-state index in [1.807, 2.05) is 35.2 Å². The van der Waals surface area contributed by atoms with Gasteiger partial charge in [0.15, 0.2) is 0 Å². The van der Waals surface area contributed by atoms with Gasteiger partial charge >= 0.3 is 6.03 Å². The number of hydrogen-bond acceptors (Lipinski definition) is 5. The average molecular weight is 622 g/mol. The van der Waals surface area contributed by atoms with Crippen LogP contribution in [-0.2, 0) is 16.6 Å². The zero-order chi connectivity index (χ0) is 28.5. The summed E-state index contributed by atoms with van der Waals surface area (Å²) in [6.07, 6.45) is 4.95. The quantitative estimate of drug-likeness (QED) is 0.236. The lowest BCUT2D eigenvalue weighted by Gasteiger charge is -2.38. The summed E-state index contributed by atoms with van der Waals surface area (Å²) in [6, 6.07) is 22.2. The molecule has 1 heterocycles. The van der Waals surface area contributed by atoms with Gasteiger partial charge in [-0.25, -0.2) is 13.2 Å². The van der Waals surface area contributed by atoms with Gasteiger partial charge in [-0.1, -0.05) is 49.2 Å². The fourth-order valence-corrected chi connectivity index (χ4v) is 5.53. The number of piperidine rings is 1. The Morgan fingerprint density at radius 2 is 1.61 bits per heavy atom. The van der Waals surface area contributed by atoms with Gasteiger partial charge in [0.05, 0.1) is 17.0 Å². The molecule has 3 aromatic rings. The van der Waals surface area contributed by atoms with E-state index in [1.54, 1.807) is 30.3 Å².